The van der Waals surface area contributed by atoms with E-state index in [1.165, 1.54) is 0 Å². The number of fused-ring (bicyclic) bond motifs is 2. The van der Waals surface area contributed by atoms with Gasteiger partial charge in [0.25, 0.3) is 0 Å². The van der Waals surface area contributed by atoms with Crippen LogP contribution in [0.4, 0.5) is 17.6 Å². The minimum atomic E-state index is -4.52. The zero-order chi connectivity index (χ0) is 14.3. The highest BCUT2D eigenvalue weighted by Gasteiger charge is 2.40. The number of benzene rings is 1. The summed E-state index contributed by atoms with van der Waals surface area (Å²) in [7, 11) is 0. The van der Waals surface area contributed by atoms with E-state index in [0.717, 1.165) is 31.5 Å². The quantitative estimate of drug-likeness (QED) is 0.863. The number of nitrogens with one attached hydrogen (secondary N) is 1. The minimum absolute atomic E-state index is 0.0134. The third-order valence-corrected chi connectivity index (χ3v) is 4.10. The Kier molecular flexibility index (Phi) is 3.46. The molecule has 2 fully saturated rings. The summed E-state index contributed by atoms with van der Waals surface area (Å²) >= 11 is 0. The van der Waals surface area contributed by atoms with E-state index < -0.39 is 17.6 Å². The Morgan fingerprint density at radius 2 is 2.05 bits per heavy atom. The molecule has 110 valence electrons. The van der Waals surface area contributed by atoms with Crippen molar-refractivity contribution in [3.8, 4) is 0 Å². The maximum Gasteiger partial charge on any atom is 0.416 e. The first-order chi connectivity index (χ1) is 9.43. The number of rotatable bonds is 3. The summed E-state index contributed by atoms with van der Waals surface area (Å²) in [5, 5.41) is 3.32. The van der Waals surface area contributed by atoms with Gasteiger partial charge in [-0.1, -0.05) is 6.07 Å². The highest BCUT2D eigenvalue weighted by atomic mass is 19.4. The summed E-state index contributed by atoms with van der Waals surface area (Å²) in [6.45, 7) is 1.01. The summed E-state index contributed by atoms with van der Waals surface area (Å²) in [6, 6.07) is 2.87. The van der Waals surface area contributed by atoms with Crippen LogP contribution < -0.4 is 5.32 Å². The van der Waals surface area contributed by atoms with Gasteiger partial charge in [-0.25, -0.2) is 4.39 Å². The molecule has 1 saturated heterocycles. The van der Waals surface area contributed by atoms with Crippen LogP contribution in [0.15, 0.2) is 18.2 Å². The summed E-state index contributed by atoms with van der Waals surface area (Å²) in [5.74, 6) is -0.251. The zero-order valence-corrected chi connectivity index (χ0v) is 10.7. The molecule has 6 heteroatoms. The maximum atomic E-state index is 13.6. The van der Waals surface area contributed by atoms with Gasteiger partial charge in [0.05, 0.1) is 18.3 Å². The molecule has 1 N–H and O–H groups in total. The van der Waals surface area contributed by atoms with Crippen molar-refractivity contribution in [1.29, 1.82) is 0 Å². The van der Waals surface area contributed by atoms with E-state index in [-0.39, 0.29) is 18.3 Å². The van der Waals surface area contributed by atoms with Crippen molar-refractivity contribution < 1.29 is 22.3 Å². The molecule has 1 unspecified atom stereocenters. The molecule has 1 aliphatic carbocycles. The lowest BCUT2D eigenvalue weighted by Gasteiger charge is -2.23. The van der Waals surface area contributed by atoms with Gasteiger partial charge in [-0.3, -0.25) is 0 Å². The molecular weight excluding hydrogens is 274 g/mol. The second-order valence-corrected chi connectivity index (χ2v) is 5.51. The van der Waals surface area contributed by atoms with E-state index in [4.69, 9.17) is 4.74 Å². The van der Waals surface area contributed by atoms with Crippen molar-refractivity contribution in [2.24, 2.45) is 5.92 Å². The lowest BCUT2D eigenvalue weighted by atomic mass is 10.1. The van der Waals surface area contributed by atoms with Crippen molar-refractivity contribution in [3.63, 3.8) is 0 Å². The van der Waals surface area contributed by atoms with Gasteiger partial charge in [-0.2, -0.15) is 13.2 Å². The van der Waals surface area contributed by atoms with Crippen LogP contribution in [0.25, 0.3) is 0 Å². The number of halogens is 4. The molecule has 1 aromatic carbocycles. The first-order valence-corrected chi connectivity index (χ1v) is 6.64. The van der Waals surface area contributed by atoms with Gasteiger partial charge in [0.1, 0.15) is 5.82 Å². The molecule has 2 nitrogen and oxygen atoms in total. The molecule has 0 amide bonds. The monoisotopic (exact) mass is 289 g/mol. The second kappa shape index (κ2) is 5.00. The van der Waals surface area contributed by atoms with Gasteiger partial charge < -0.3 is 10.1 Å². The molecule has 0 radical (unpaired) electrons. The van der Waals surface area contributed by atoms with Crippen LogP contribution >= 0.6 is 0 Å². The van der Waals surface area contributed by atoms with Crippen LogP contribution in [-0.2, 0) is 17.5 Å². The summed E-state index contributed by atoms with van der Waals surface area (Å²) in [4.78, 5) is 0. The van der Waals surface area contributed by atoms with Gasteiger partial charge in [0.15, 0.2) is 0 Å². The van der Waals surface area contributed by atoms with Crippen molar-refractivity contribution in [1.82, 2.24) is 5.32 Å². The molecule has 20 heavy (non-hydrogen) atoms. The SMILES string of the molecule is Fc1cc(C(F)(F)F)ccc1COC1C[C@@H]2CN[C@H]1C2. The van der Waals surface area contributed by atoms with Crippen molar-refractivity contribution in [2.45, 2.75) is 37.8 Å². The largest absolute Gasteiger partial charge is 0.416 e. The van der Waals surface area contributed by atoms with Crippen molar-refractivity contribution in [2.75, 3.05) is 6.54 Å². The van der Waals surface area contributed by atoms with Crippen molar-refractivity contribution in [3.05, 3.63) is 35.1 Å². The zero-order valence-electron chi connectivity index (χ0n) is 10.7. The fraction of sp³-hybridized carbons (Fsp3) is 0.571. The van der Waals surface area contributed by atoms with Crippen LogP contribution in [0.2, 0.25) is 0 Å². The second-order valence-electron chi connectivity index (χ2n) is 5.51. The smallest absolute Gasteiger partial charge is 0.372 e. The Hall–Kier alpha value is -1.14. The van der Waals surface area contributed by atoms with Crippen LogP contribution in [-0.4, -0.2) is 18.7 Å². The maximum absolute atomic E-state index is 13.6. The molecule has 3 rings (SSSR count). The highest BCUT2D eigenvalue weighted by molar-refractivity contribution is 5.26. The molecule has 3 atom stereocenters. The average Bonchev–Trinajstić information content (AvgIpc) is 2.98. The van der Waals surface area contributed by atoms with E-state index >= 15 is 0 Å². The van der Waals surface area contributed by atoms with Crippen LogP contribution in [0.5, 0.6) is 0 Å². The Morgan fingerprint density at radius 1 is 1.25 bits per heavy atom. The van der Waals surface area contributed by atoms with Crippen LogP contribution in [0.3, 0.4) is 0 Å². The summed E-state index contributed by atoms with van der Waals surface area (Å²) in [6.07, 6.45) is -2.47. The summed E-state index contributed by atoms with van der Waals surface area (Å²) < 4.78 is 56.6. The normalized spacial score (nSPS) is 29.1. The average molecular weight is 289 g/mol. The lowest BCUT2D eigenvalue weighted by molar-refractivity contribution is -0.137. The number of hydrogen-bond donors (Lipinski definition) is 1. The van der Waals surface area contributed by atoms with Gasteiger partial charge in [0.2, 0.25) is 0 Å². The Bertz CT molecular complexity index is 502. The molecule has 0 aromatic heterocycles. The number of ether oxygens (including phenoxy) is 1. The third-order valence-electron chi connectivity index (χ3n) is 4.10. The lowest BCUT2D eigenvalue weighted by Crippen LogP contribution is -2.38. The Morgan fingerprint density at radius 3 is 2.60 bits per heavy atom. The van der Waals surface area contributed by atoms with Gasteiger partial charge >= 0.3 is 6.18 Å². The van der Waals surface area contributed by atoms with Gasteiger partial charge in [-0.15, -0.1) is 0 Å². The first kappa shape index (κ1) is 13.8. The van der Waals surface area contributed by atoms with E-state index in [0.29, 0.717) is 18.0 Å². The molecular formula is C14H15F4NO. The van der Waals surface area contributed by atoms with Crippen LogP contribution in [0.1, 0.15) is 24.0 Å². The van der Waals surface area contributed by atoms with E-state index in [2.05, 4.69) is 5.32 Å². The third kappa shape index (κ3) is 2.67. The van der Waals surface area contributed by atoms with Crippen LogP contribution in [0, 0.1) is 11.7 Å². The van der Waals surface area contributed by atoms with Gasteiger partial charge in [-0.05, 0) is 37.4 Å². The molecule has 0 spiro atoms. The predicted molar refractivity (Wildman–Crippen MR) is 64.5 cm³/mol. The minimum Gasteiger partial charge on any atom is -0.372 e. The molecule has 1 aliphatic heterocycles. The number of hydrogen-bond acceptors (Lipinski definition) is 2. The predicted octanol–water partition coefficient (Wildman–Crippen LogP) is 3.11. The highest BCUT2D eigenvalue weighted by Crippen LogP contribution is 2.34. The van der Waals surface area contributed by atoms with E-state index in [9.17, 15) is 17.6 Å². The van der Waals surface area contributed by atoms with E-state index in [1.54, 1.807) is 0 Å². The number of piperidine rings is 1. The Labute approximate surface area is 114 Å². The number of alkyl halides is 3. The molecule has 2 aliphatic rings. The molecule has 1 aromatic rings. The van der Waals surface area contributed by atoms with Gasteiger partial charge in [0, 0.05) is 11.6 Å². The first-order valence-electron chi connectivity index (χ1n) is 6.64. The standard InChI is InChI=1S/C14H15F4NO/c15-11-5-10(14(16,17)18)2-1-9(11)7-20-13-4-8-3-12(13)19-6-8/h1-2,5,8,12-13,19H,3-4,6-7H2/t8-,12+,13?/m1/s1. The Balaban J connectivity index is 1.63. The fourth-order valence-electron chi connectivity index (χ4n) is 3.02. The van der Waals surface area contributed by atoms with Crippen molar-refractivity contribution >= 4 is 0 Å². The van der Waals surface area contributed by atoms with E-state index in [1.807, 2.05) is 0 Å². The topological polar surface area (TPSA) is 21.3 Å². The molecule has 1 saturated carbocycles. The molecule has 1 heterocycles. The fourth-order valence-corrected chi connectivity index (χ4v) is 3.02. The summed E-state index contributed by atoms with van der Waals surface area (Å²) in [5.41, 5.74) is -0.805. The molecule has 2 bridgehead atoms.